The third-order valence-electron chi connectivity index (χ3n) is 1.51. The summed E-state index contributed by atoms with van der Waals surface area (Å²) in [5, 5.41) is 0. The third-order valence-corrected chi connectivity index (χ3v) is 1.51. The summed E-state index contributed by atoms with van der Waals surface area (Å²) in [7, 11) is 0. The van der Waals surface area contributed by atoms with Crippen LogP contribution in [0.3, 0.4) is 0 Å². The Kier molecular flexibility index (Phi) is 2.47. The van der Waals surface area contributed by atoms with Gasteiger partial charge in [0, 0.05) is 18.0 Å². The van der Waals surface area contributed by atoms with Crippen molar-refractivity contribution in [1.82, 2.24) is 4.98 Å². The molecule has 78 valence electrons. The first-order chi connectivity index (χ1) is 6.23. The molecule has 0 N–H and O–H groups in total. The molecule has 0 aliphatic rings. The van der Waals surface area contributed by atoms with Crippen molar-refractivity contribution in [3.63, 3.8) is 0 Å². The molecule has 0 aliphatic heterocycles. The van der Waals surface area contributed by atoms with E-state index in [4.69, 9.17) is 0 Å². The summed E-state index contributed by atoms with van der Waals surface area (Å²) in [5.74, 6) is 0. The van der Waals surface area contributed by atoms with Crippen molar-refractivity contribution in [2.24, 2.45) is 0 Å². The number of halogens is 6. The second kappa shape index (κ2) is 3.18. The summed E-state index contributed by atoms with van der Waals surface area (Å²) >= 11 is 0. The predicted molar refractivity (Wildman–Crippen MR) is 38.0 cm³/mol. The zero-order valence-corrected chi connectivity index (χ0v) is 6.52. The molecule has 0 aliphatic carbocycles. The summed E-state index contributed by atoms with van der Waals surface area (Å²) in [6, 6.07) is 0.310. The molecule has 0 unspecified atom stereocenters. The van der Waals surface area contributed by atoms with Crippen LogP contribution in [0.1, 0.15) is 5.56 Å². The number of hydrogen-bond donors (Lipinski definition) is 0. The highest BCUT2D eigenvalue weighted by molar-refractivity contribution is 6.74. The van der Waals surface area contributed by atoms with Crippen LogP contribution in [-0.2, 0) is 6.18 Å². The standard InChI is InChI=1S/C6H3BF6N/c8-6(9,10)4-1-2-14-3-5(4)7(11,12)13/h1-3H/q-1. The summed E-state index contributed by atoms with van der Waals surface area (Å²) in [6.45, 7) is -5.68. The van der Waals surface area contributed by atoms with Crippen molar-refractivity contribution >= 4 is 12.4 Å². The number of hydrogen-bond acceptors (Lipinski definition) is 1. The Bertz CT molecular complexity index is 297. The Hall–Kier alpha value is -1.21. The zero-order chi connectivity index (χ0) is 11.0. The maximum absolute atomic E-state index is 12.1. The van der Waals surface area contributed by atoms with Gasteiger partial charge in [-0.1, -0.05) is 5.46 Å². The maximum Gasteiger partial charge on any atom is 0.511 e. The van der Waals surface area contributed by atoms with Crippen molar-refractivity contribution in [3.8, 4) is 0 Å². The van der Waals surface area contributed by atoms with Crippen LogP contribution in [0.4, 0.5) is 26.1 Å². The second-order valence-electron chi connectivity index (χ2n) is 2.54. The maximum atomic E-state index is 12.1. The minimum absolute atomic E-state index is 0.183. The van der Waals surface area contributed by atoms with E-state index in [2.05, 4.69) is 4.98 Å². The van der Waals surface area contributed by atoms with Crippen molar-refractivity contribution in [2.75, 3.05) is 0 Å². The lowest BCUT2D eigenvalue weighted by molar-refractivity contribution is -0.137. The van der Waals surface area contributed by atoms with Gasteiger partial charge < -0.3 is 12.9 Å². The van der Waals surface area contributed by atoms with Gasteiger partial charge in [0.15, 0.2) is 0 Å². The third kappa shape index (κ3) is 2.18. The minimum Gasteiger partial charge on any atom is -0.445 e. The molecule has 14 heavy (non-hydrogen) atoms. The van der Waals surface area contributed by atoms with Gasteiger partial charge in [0.05, 0.1) is 0 Å². The molecule has 1 aromatic heterocycles. The first kappa shape index (κ1) is 10.9. The molecule has 0 saturated heterocycles. The van der Waals surface area contributed by atoms with Gasteiger partial charge in [-0.3, -0.25) is 4.98 Å². The normalized spacial score (nSPS) is 13.0. The lowest BCUT2D eigenvalue weighted by atomic mass is 9.78. The van der Waals surface area contributed by atoms with Gasteiger partial charge in [-0.05, 0) is 6.07 Å². The van der Waals surface area contributed by atoms with E-state index in [0.29, 0.717) is 12.3 Å². The Morgan fingerprint density at radius 2 is 1.71 bits per heavy atom. The SMILES string of the molecule is F[B-](F)(F)c1cnccc1C(F)(F)F. The second-order valence-corrected chi connectivity index (χ2v) is 2.54. The number of rotatable bonds is 1. The van der Waals surface area contributed by atoms with E-state index in [9.17, 15) is 26.1 Å². The average Bonchev–Trinajstić information content (AvgIpc) is 2.01. The quantitative estimate of drug-likeness (QED) is 0.515. The van der Waals surface area contributed by atoms with E-state index in [-0.39, 0.29) is 6.20 Å². The van der Waals surface area contributed by atoms with Gasteiger partial charge >= 0.3 is 13.2 Å². The molecule has 1 aromatic rings. The number of pyridine rings is 1. The first-order valence-electron chi connectivity index (χ1n) is 3.44. The highest BCUT2D eigenvalue weighted by atomic mass is 19.4. The summed E-state index contributed by atoms with van der Waals surface area (Å²) in [6.07, 6.45) is -4.15. The fraction of sp³-hybridized carbons (Fsp3) is 0.167. The number of aromatic nitrogens is 1. The van der Waals surface area contributed by atoms with Crippen LogP contribution >= 0.6 is 0 Å². The molecule has 1 heterocycles. The summed E-state index contributed by atoms with van der Waals surface area (Å²) in [5.41, 5.74) is -3.40. The van der Waals surface area contributed by atoms with Crippen LogP contribution in [0.25, 0.3) is 0 Å². The summed E-state index contributed by atoms with van der Waals surface area (Å²) < 4.78 is 72.5. The van der Waals surface area contributed by atoms with E-state index in [1.807, 2.05) is 0 Å². The van der Waals surface area contributed by atoms with E-state index >= 15 is 0 Å². The Balaban J connectivity index is 3.31. The van der Waals surface area contributed by atoms with Gasteiger partial charge in [-0.2, -0.15) is 13.2 Å². The molecule has 1 rings (SSSR count). The number of alkyl halides is 3. The van der Waals surface area contributed by atoms with Crippen LogP contribution in [-0.4, -0.2) is 12.0 Å². The highest BCUT2D eigenvalue weighted by Crippen LogP contribution is 2.29. The van der Waals surface area contributed by atoms with Crippen molar-refractivity contribution in [1.29, 1.82) is 0 Å². The molecular weight excluding hydrogens is 211 g/mol. The first-order valence-corrected chi connectivity index (χ1v) is 3.44. The van der Waals surface area contributed by atoms with Gasteiger partial charge in [-0.25, -0.2) is 0 Å². The number of nitrogens with zero attached hydrogens (tertiary/aromatic N) is 1. The van der Waals surface area contributed by atoms with Crippen molar-refractivity contribution < 1.29 is 26.1 Å². The molecule has 0 bridgehead atoms. The lowest BCUT2D eigenvalue weighted by Gasteiger charge is -2.20. The van der Waals surface area contributed by atoms with Gasteiger partial charge in [0.1, 0.15) is 0 Å². The molecule has 0 aromatic carbocycles. The largest absolute Gasteiger partial charge is 0.511 e. The zero-order valence-electron chi connectivity index (χ0n) is 6.52. The van der Waals surface area contributed by atoms with Gasteiger partial charge in [0.25, 0.3) is 0 Å². The van der Waals surface area contributed by atoms with Crippen molar-refractivity contribution in [2.45, 2.75) is 6.18 Å². The molecule has 8 heteroatoms. The lowest BCUT2D eigenvalue weighted by Crippen LogP contribution is -2.39. The molecular formula is C6H3BF6N-. The van der Waals surface area contributed by atoms with Crippen LogP contribution in [0.2, 0.25) is 0 Å². The molecule has 0 spiro atoms. The smallest absolute Gasteiger partial charge is 0.445 e. The molecule has 0 atom stereocenters. The van der Waals surface area contributed by atoms with Gasteiger partial charge in [0.2, 0.25) is 0 Å². The molecule has 1 nitrogen and oxygen atoms in total. The molecule has 0 fully saturated rings. The van der Waals surface area contributed by atoms with E-state index in [1.165, 1.54) is 0 Å². The summed E-state index contributed by atoms with van der Waals surface area (Å²) in [4.78, 5) is 3.02. The van der Waals surface area contributed by atoms with Crippen LogP contribution in [0.15, 0.2) is 18.5 Å². The van der Waals surface area contributed by atoms with Crippen LogP contribution < -0.4 is 5.46 Å². The average molecular weight is 214 g/mol. The monoisotopic (exact) mass is 214 g/mol. The highest BCUT2D eigenvalue weighted by Gasteiger charge is 2.39. The topological polar surface area (TPSA) is 12.9 Å². The fourth-order valence-corrected chi connectivity index (χ4v) is 0.926. The van der Waals surface area contributed by atoms with E-state index < -0.39 is 24.2 Å². The van der Waals surface area contributed by atoms with Crippen molar-refractivity contribution in [3.05, 3.63) is 24.0 Å². The van der Waals surface area contributed by atoms with Gasteiger partial charge in [-0.15, -0.1) is 0 Å². The van der Waals surface area contributed by atoms with E-state index in [1.54, 1.807) is 0 Å². The predicted octanol–water partition coefficient (Wildman–Crippen LogP) is 2.15. The van der Waals surface area contributed by atoms with E-state index in [0.717, 1.165) is 0 Å². The van der Waals surface area contributed by atoms with Crippen LogP contribution in [0.5, 0.6) is 0 Å². The Labute approximate surface area is 74.8 Å². The Morgan fingerprint density at radius 3 is 2.07 bits per heavy atom. The minimum atomic E-state index is -5.68. The fourth-order valence-electron chi connectivity index (χ4n) is 0.926. The molecule has 0 saturated carbocycles. The van der Waals surface area contributed by atoms with Crippen LogP contribution in [0, 0.1) is 0 Å². The Morgan fingerprint density at radius 1 is 1.14 bits per heavy atom. The molecule has 0 amide bonds. The molecule has 0 radical (unpaired) electrons.